The molecule has 11 nitrogen and oxygen atoms in total. The number of carbonyl (C=O) groups excluding carboxylic acids is 1. The molecule has 4 aromatic rings. The predicted octanol–water partition coefficient (Wildman–Crippen LogP) is 2.27. The van der Waals surface area contributed by atoms with Crippen molar-refractivity contribution in [3.05, 3.63) is 87.7 Å². The zero-order valence-corrected chi connectivity index (χ0v) is 18.6. The van der Waals surface area contributed by atoms with Gasteiger partial charge in [-0.3, -0.25) is 18.8 Å². The molecular weight excluding hydrogens is 438 g/mol. The van der Waals surface area contributed by atoms with Crippen LogP contribution < -0.4 is 10.9 Å². The van der Waals surface area contributed by atoms with E-state index in [-0.39, 0.29) is 11.5 Å². The van der Waals surface area contributed by atoms with Gasteiger partial charge in [0.1, 0.15) is 17.8 Å². The van der Waals surface area contributed by atoms with E-state index in [4.69, 9.17) is 4.52 Å². The van der Waals surface area contributed by atoms with E-state index in [2.05, 4.69) is 26.6 Å². The minimum atomic E-state index is -0.790. The minimum absolute atomic E-state index is 0.247. The Labute approximate surface area is 193 Å². The van der Waals surface area contributed by atoms with Gasteiger partial charge in [0, 0.05) is 37.8 Å². The van der Waals surface area contributed by atoms with Crippen LogP contribution in [0.15, 0.2) is 58.3 Å². The van der Waals surface area contributed by atoms with E-state index in [1.165, 1.54) is 24.1 Å². The average Bonchev–Trinajstić information content (AvgIpc) is 3.50. The summed E-state index contributed by atoms with van der Waals surface area (Å²) in [5.74, 6) is -2.24. The third-order valence-corrected chi connectivity index (χ3v) is 5.71. The van der Waals surface area contributed by atoms with E-state index in [1.807, 2.05) is 25.1 Å². The van der Waals surface area contributed by atoms with Crippen molar-refractivity contribution in [2.75, 3.05) is 5.32 Å². The molecule has 3 heterocycles. The molecule has 11 heteroatoms. The summed E-state index contributed by atoms with van der Waals surface area (Å²) < 4.78 is 7.58. The van der Waals surface area contributed by atoms with Crippen LogP contribution in [0, 0.1) is 11.3 Å². The number of aromatic nitrogens is 5. The number of nitrogens with one attached hydrogen (secondary N) is 1. The molecule has 0 aliphatic rings. The zero-order valence-electron chi connectivity index (χ0n) is 18.6. The number of rotatable bonds is 6. The highest BCUT2D eigenvalue weighted by atomic mass is 16.5. The number of aryl methyl sites for hydroxylation is 1. The van der Waals surface area contributed by atoms with Gasteiger partial charge < -0.3 is 14.9 Å². The van der Waals surface area contributed by atoms with E-state index < -0.39 is 34.7 Å². The normalized spacial score (nSPS) is 12.6. The SMILES string of the molecule is C[C@H](c1nc(C(=O)Nc2cnoc2)c(O)c(=O)n1C)[C@H](c1ccccc1C#N)c1ccnn1C. The quantitative estimate of drug-likeness (QED) is 0.445. The summed E-state index contributed by atoms with van der Waals surface area (Å²) in [4.78, 5) is 30.0. The van der Waals surface area contributed by atoms with Crippen molar-refractivity contribution < 1.29 is 14.4 Å². The lowest BCUT2D eigenvalue weighted by molar-refractivity contribution is 0.101. The highest BCUT2D eigenvalue weighted by Gasteiger charge is 2.32. The monoisotopic (exact) mass is 459 g/mol. The van der Waals surface area contributed by atoms with Gasteiger partial charge in [0.05, 0.1) is 17.8 Å². The topological polar surface area (TPSA) is 152 Å². The van der Waals surface area contributed by atoms with Crippen molar-refractivity contribution in [2.24, 2.45) is 14.1 Å². The van der Waals surface area contributed by atoms with Gasteiger partial charge in [-0.15, -0.1) is 0 Å². The molecule has 1 amide bonds. The molecular formula is C23H21N7O4. The van der Waals surface area contributed by atoms with Crippen LogP contribution in [-0.2, 0) is 14.1 Å². The van der Waals surface area contributed by atoms with Crippen LogP contribution in [0.3, 0.4) is 0 Å². The first-order valence-electron chi connectivity index (χ1n) is 10.3. The van der Waals surface area contributed by atoms with Crippen molar-refractivity contribution in [3.63, 3.8) is 0 Å². The number of amides is 1. The molecule has 0 spiro atoms. The first kappa shape index (κ1) is 22.5. The molecule has 2 atom stereocenters. The number of hydrogen-bond donors (Lipinski definition) is 2. The number of nitriles is 1. The Morgan fingerprint density at radius 2 is 2.03 bits per heavy atom. The van der Waals surface area contributed by atoms with Crippen LogP contribution >= 0.6 is 0 Å². The lowest BCUT2D eigenvalue weighted by atomic mass is 9.81. The van der Waals surface area contributed by atoms with Crippen molar-refractivity contribution in [1.29, 1.82) is 5.26 Å². The number of benzene rings is 1. The Kier molecular flexibility index (Phi) is 5.97. The van der Waals surface area contributed by atoms with Crippen molar-refractivity contribution in [3.8, 4) is 11.8 Å². The predicted molar refractivity (Wildman–Crippen MR) is 120 cm³/mol. The van der Waals surface area contributed by atoms with E-state index >= 15 is 0 Å². The number of aromatic hydroxyl groups is 1. The molecule has 4 rings (SSSR count). The summed E-state index contributed by atoms with van der Waals surface area (Å²) in [5, 5.41) is 30.4. The third kappa shape index (κ3) is 3.93. The van der Waals surface area contributed by atoms with Gasteiger partial charge in [0.2, 0.25) is 5.75 Å². The molecule has 0 fully saturated rings. The van der Waals surface area contributed by atoms with Crippen LogP contribution in [-0.4, -0.2) is 35.5 Å². The largest absolute Gasteiger partial charge is 0.501 e. The molecule has 0 radical (unpaired) electrons. The lowest BCUT2D eigenvalue weighted by Gasteiger charge is -2.27. The number of anilines is 1. The third-order valence-electron chi connectivity index (χ3n) is 5.71. The fourth-order valence-corrected chi connectivity index (χ4v) is 4.02. The van der Waals surface area contributed by atoms with Gasteiger partial charge in [-0.2, -0.15) is 10.4 Å². The van der Waals surface area contributed by atoms with Gasteiger partial charge in [0.25, 0.3) is 11.5 Å². The molecule has 2 N–H and O–H groups in total. The highest BCUT2D eigenvalue weighted by Crippen LogP contribution is 2.38. The number of carbonyl (C=O) groups is 1. The van der Waals surface area contributed by atoms with Crippen LogP contribution in [0.2, 0.25) is 0 Å². The Bertz CT molecular complexity index is 1450. The standard InChI is InChI=1S/C23H21N7O4/c1-13(18(17-8-9-25-30(17)3)16-7-5-4-6-14(16)10-24)21-28-19(20(31)23(33)29(21)2)22(32)27-15-11-26-34-12-15/h4-9,11-13,18,31H,1-3H3,(H,27,32)/t13-,18+/m0/s1. The minimum Gasteiger partial charge on any atom is -0.501 e. The fourth-order valence-electron chi connectivity index (χ4n) is 4.02. The van der Waals surface area contributed by atoms with Crippen molar-refractivity contribution in [1.82, 2.24) is 24.5 Å². The molecule has 0 unspecified atom stereocenters. The summed E-state index contributed by atoms with van der Waals surface area (Å²) in [6.07, 6.45) is 4.12. The maximum atomic E-state index is 12.8. The first-order valence-corrected chi connectivity index (χ1v) is 10.3. The van der Waals surface area contributed by atoms with E-state index in [9.17, 15) is 20.0 Å². The van der Waals surface area contributed by atoms with Crippen LogP contribution in [0.25, 0.3) is 0 Å². The molecule has 0 aliphatic carbocycles. The summed E-state index contributed by atoms with van der Waals surface area (Å²) in [6, 6.07) is 11.2. The summed E-state index contributed by atoms with van der Waals surface area (Å²) in [5.41, 5.74) is 1.02. The van der Waals surface area contributed by atoms with Gasteiger partial charge in [-0.05, 0) is 17.7 Å². The average molecular weight is 459 g/mol. The number of hydrogen-bond acceptors (Lipinski definition) is 8. The molecule has 3 aromatic heterocycles. The second kappa shape index (κ2) is 9.03. The summed E-state index contributed by atoms with van der Waals surface area (Å²) in [6.45, 7) is 1.84. The van der Waals surface area contributed by atoms with Gasteiger partial charge in [-0.1, -0.05) is 30.3 Å². The van der Waals surface area contributed by atoms with Gasteiger partial charge >= 0.3 is 0 Å². The molecule has 172 valence electrons. The van der Waals surface area contributed by atoms with E-state index in [0.717, 1.165) is 11.3 Å². The summed E-state index contributed by atoms with van der Waals surface area (Å²) >= 11 is 0. The van der Waals surface area contributed by atoms with Crippen LogP contribution in [0.4, 0.5) is 5.69 Å². The smallest absolute Gasteiger partial charge is 0.296 e. The molecule has 34 heavy (non-hydrogen) atoms. The second-order valence-electron chi connectivity index (χ2n) is 7.74. The molecule has 0 aliphatic heterocycles. The van der Waals surface area contributed by atoms with Gasteiger partial charge in [0.15, 0.2) is 5.69 Å². The number of nitrogens with zero attached hydrogens (tertiary/aromatic N) is 6. The Morgan fingerprint density at radius 3 is 2.68 bits per heavy atom. The highest BCUT2D eigenvalue weighted by molar-refractivity contribution is 6.04. The zero-order chi connectivity index (χ0) is 24.4. The fraction of sp³-hybridized carbons (Fsp3) is 0.217. The Hall–Kier alpha value is -4.72. The van der Waals surface area contributed by atoms with E-state index in [0.29, 0.717) is 5.56 Å². The van der Waals surface area contributed by atoms with E-state index in [1.54, 1.807) is 30.1 Å². The second-order valence-corrected chi connectivity index (χ2v) is 7.74. The summed E-state index contributed by atoms with van der Waals surface area (Å²) in [7, 11) is 3.25. The maximum Gasteiger partial charge on any atom is 0.296 e. The Balaban J connectivity index is 1.87. The first-order chi connectivity index (χ1) is 16.3. The Morgan fingerprint density at radius 1 is 1.26 bits per heavy atom. The molecule has 0 saturated carbocycles. The molecule has 0 bridgehead atoms. The molecule has 1 aromatic carbocycles. The van der Waals surface area contributed by atoms with Gasteiger partial charge in [-0.25, -0.2) is 4.98 Å². The van der Waals surface area contributed by atoms with Crippen molar-refractivity contribution in [2.45, 2.75) is 18.8 Å². The van der Waals surface area contributed by atoms with Crippen LogP contribution in [0.5, 0.6) is 5.75 Å². The van der Waals surface area contributed by atoms with Crippen LogP contribution in [0.1, 0.15) is 51.9 Å². The van der Waals surface area contributed by atoms with Crippen molar-refractivity contribution >= 4 is 11.6 Å². The lowest BCUT2D eigenvalue weighted by Crippen LogP contribution is -2.30. The molecule has 0 saturated heterocycles. The maximum absolute atomic E-state index is 12.8.